The largest absolute Gasteiger partial charge is 0.379 e. The highest BCUT2D eigenvalue weighted by atomic mass is 16.5. The average Bonchev–Trinajstić information content (AvgIpc) is 2.62. The van der Waals surface area contributed by atoms with E-state index in [0.717, 1.165) is 45.2 Å². The summed E-state index contributed by atoms with van der Waals surface area (Å²) in [5, 5.41) is 6.57. The van der Waals surface area contributed by atoms with E-state index in [2.05, 4.69) is 30.5 Å². The first kappa shape index (κ1) is 15.6. The number of nitrogens with zero attached hydrogens (tertiary/aromatic N) is 4. The van der Waals surface area contributed by atoms with Crippen molar-refractivity contribution in [2.24, 2.45) is 0 Å². The standard InChI is InChI=1S/C16H22N6O/c1-4-17-5-2-14(1)13-20-15-3-6-18-16(21-15)19-7-8-22-9-11-23-12-10-22/h1-6H,7-13H2,(H2,18,19,20,21). The molecule has 1 aliphatic rings. The molecule has 0 saturated carbocycles. The van der Waals surface area contributed by atoms with Crippen molar-refractivity contribution in [2.45, 2.75) is 6.54 Å². The van der Waals surface area contributed by atoms with E-state index in [9.17, 15) is 0 Å². The lowest BCUT2D eigenvalue weighted by atomic mass is 10.3. The van der Waals surface area contributed by atoms with E-state index in [1.807, 2.05) is 18.2 Å². The number of hydrogen-bond donors (Lipinski definition) is 2. The summed E-state index contributed by atoms with van der Waals surface area (Å²) in [5.74, 6) is 1.46. The van der Waals surface area contributed by atoms with Crippen LogP contribution < -0.4 is 10.6 Å². The monoisotopic (exact) mass is 314 g/mol. The van der Waals surface area contributed by atoms with Gasteiger partial charge in [-0.15, -0.1) is 0 Å². The van der Waals surface area contributed by atoms with Gasteiger partial charge in [0.2, 0.25) is 5.95 Å². The second kappa shape index (κ2) is 8.40. The normalized spacial score (nSPS) is 15.3. The maximum Gasteiger partial charge on any atom is 0.224 e. The molecule has 1 fully saturated rings. The van der Waals surface area contributed by atoms with Gasteiger partial charge in [0.15, 0.2) is 0 Å². The number of anilines is 2. The van der Waals surface area contributed by atoms with Crippen molar-refractivity contribution in [2.75, 3.05) is 50.0 Å². The van der Waals surface area contributed by atoms with Crippen molar-refractivity contribution in [3.63, 3.8) is 0 Å². The molecule has 2 N–H and O–H groups in total. The Labute approximate surface area is 136 Å². The predicted molar refractivity (Wildman–Crippen MR) is 89.3 cm³/mol. The third-order valence-electron chi connectivity index (χ3n) is 3.69. The van der Waals surface area contributed by atoms with E-state index in [1.54, 1.807) is 18.6 Å². The van der Waals surface area contributed by atoms with Crippen LogP contribution in [0.25, 0.3) is 0 Å². The number of morpholine rings is 1. The highest BCUT2D eigenvalue weighted by Crippen LogP contribution is 2.08. The molecule has 0 aliphatic carbocycles. The van der Waals surface area contributed by atoms with Gasteiger partial charge in [-0.3, -0.25) is 9.88 Å². The van der Waals surface area contributed by atoms with Crippen LogP contribution in [0.15, 0.2) is 36.8 Å². The van der Waals surface area contributed by atoms with E-state index in [1.165, 1.54) is 5.56 Å². The van der Waals surface area contributed by atoms with E-state index in [4.69, 9.17) is 4.74 Å². The summed E-state index contributed by atoms with van der Waals surface area (Å²) < 4.78 is 5.34. The third kappa shape index (κ3) is 5.15. The van der Waals surface area contributed by atoms with E-state index < -0.39 is 0 Å². The smallest absolute Gasteiger partial charge is 0.224 e. The Morgan fingerprint density at radius 1 is 1.04 bits per heavy atom. The van der Waals surface area contributed by atoms with Crippen LogP contribution in [0, 0.1) is 0 Å². The third-order valence-corrected chi connectivity index (χ3v) is 3.69. The fraction of sp³-hybridized carbons (Fsp3) is 0.438. The first-order valence-corrected chi connectivity index (χ1v) is 7.90. The van der Waals surface area contributed by atoms with Gasteiger partial charge in [0, 0.05) is 51.3 Å². The zero-order valence-corrected chi connectivity index (χ0v) is 13.1. The molecule has 0 aromatic carbocycles. The number of aromatic nitrogens is 3. The Bertz CT molecular complexity index is 588. The lowest BCUT2D eigenvalue weighted by Gasteiger charge is -2.26. The summed E-state index contributed by atoms with van der Waals surface area (Å²) in [7, 11) is 0. The lowest BCUT2D eigenvalue weighted by molar-refractivity contribution is 0.0398. The van der Waals surface area contributed by atoms with Crippen molar-refractivity contribution in [3.05, 3.63) is 42.4 Å². The second-order valence-electron chi connectivity index (χ2n) is 5.36. The van der Waals surface area contributed by atoms with Crippen LogP contribution in [-0.4, -0.2) is 59.2 Å². The van der Waals surface area contributed by atoms with Gasteiger partial charge in [-0.1, -0.05) is 0 Å². The molecule has 1 aliphatic heterocycles. The number of rotatable bonds is 7. The molecule has 7 nitrogen and oxygen atoms in total. The topological polar surface area (TPSA) is 75.2 Å². The molecule has 122 valence electrons. The van der Waals surface area contributed by atoms with Gasteiger partial charge in [-0.25, -0.2) is 4.98 Å². The highest BCUT2D eigenvalue weighted by molar-refractivity contribution is 5.40. The molecule has 0 atom stereocenters. The van der Waals surface area contributed by atoms with Crippen LogP contribution in [0.1, 0.15) is 5.56 Å². The Hall–Kier alpha value is -2.25. The Kier molecular flexibility index (Phi) is 5.71. The average molecular weight is 314 g/mol. The van der Waals surface area contributed by atoms with Crippen molar-refractivity contribution in [1.82, 2.24) is 19.9 Å². The molecule has 0 radical (unpaired) electrons. The van der Waals surface area contributed by atoms with E-state index in [-0.39, 0.29) is 0 Å². The Morgan fingerprint density at radius 3 is 2.70 bits per heavy atom. The maximum atomic E-state index is 5.34. The molecular formula is C16H22N6O. The first-order chi connectivity index (χ1) is 11.4. The van der Waals surface area contributed by atoms with Crippen molar-refractivity contribution in [1.29, 1.82) is 0 Å². The predicted octanol–water partition coefficient (Wildman–Crippen LogP) is 1.23. The van der Waals surface area contributed by atoms with Crippen LogP contribution in [0.4, 0.5) is 11.8 Å². The van der Waals surface area contributed by atoms with Crippen LogP contribution in [0.5, 0.6) is 0 Å². The lowest BCUT2D eigenvalue weighted by Crippen LogP contribution is -2.39. The maximum absolute atomic E-state index is 5.34. The molecule has 0 unspecified atom stereocenters. The van der Waals surface area contributed by atoms with Crippen LogP contribution >= 0.6 is 0 Å². The molecule has 3 heterocycles. The fourth-order valence-corrected chi connectivity index (χ4v) is 2.39. The van der Waals surface area contributed by atoms with Crippen LogP contribution in [0.2, 0.25) is 0 Å². The fourth-order valence-electron chi connectivity index (χ4n) is 2.39. The second-order valence-corrected chi connectivity index (χ2v) is 5.36. The molecule has 0 amide bonds. The molecule has 0 bridgehead atoms. The molecule has 2 aromatic heterocycles. The van der Waals surface area contributed by atoms with Gasteiger partial charge in [-0.05, 0) is 23.8 Å². The van der Waals surface area contributed by atoms with Crippen molar-refractivity contribution < 1.29 is 4.74 Å². The van der Waals surface area contributed by atoms with Gasteiger partial charge in [0.25, 0.3) is 0 Å². The molecule has 23 heavy (non-hydrogen) atoms. The zero-order valence-electron chi connectivity index (χ0n) is 13.1. The molecule has 3 rings (SSSR count). The Balaban J connectivity index is 1.45. The van der Waals surface area contributed by atoms with Crippen molar-refractivity contribution in [3.8, 4) is 0 Å². The van der Waals surface area contributed by atoms with Gasteiger partial charge in [0.05, 0.1) is 13.2 Å². The number of hydrogen-bond acceptors (Lipinski definition) is 7. The number of nitrogens with one attached hydrogen (secondary N) is 2. The first-order valence-electron chi connectivity index (χ1n) is 7.90. The van der Waals surface area contributed by atoms with Crippen LogP contribution in [-0.2, 0) is 11.3 Å². The minimum absolute atomic E-state index is 0.651. The highest BCUT2D eigenvalue weighted by Gasteiger charge is 2.09. The minimum atomic E-state index is 0.651. The quantitative estimate of drug-likeness (QED) is 0.796. The van der Waals surface area contributed by atoms with Crippen molar-refractivity contribution >= 4 is 11.8 Å². The summed E-state index contributed by atoms with van der Waals surface area (Å²) in [6.07, 6.45) is 5.34. The molecule has 7 heteroatoms. The van der Waals surface area contributed by atoms with Gasteiger partial charge in [-0.2, -0.15) is 4.98 Å². The minimum Gasteiger partial charge on any atom is -0.379 e. The SMILES string of the molecule is c1cc(CNc2ccnc(NCCN3CCOCC3)n2)ccn1. The van der Waals surface area contributed by atoms with E-state index >= 15 is 0 Å². The number of ether oxygens (including phenoxy) is 1. The molecule has 1 saturated heterocycles. The van der Waals surface area contributed by atoms with Gasteiger partial charge < -0.3 is 15.4 Å². The van der Waals surface area contributed by atoms with E-state index in [0.29, 0.717) is 12.5 Å². The summed E-state index contributed by atoms with van der Waals surface area (Å²) in [5.41, 5.74) is 1.17. The molecular weight excluding hydrogens is 292 g/mol. The summed E-state index contributed by atoms with van der Waals surface area (Å²) >= 11 is 0. The molecule has 2 aromatic rings. The van der Waals surface area contributed by atoms with Gasteiger partial charge >= 0.3 is 0 Å². The van der Waals surface area contributed by atoms with Crippen LogP contribution in [0.3, 0.4) is 0 Å². The summed E-state index contributed by atoms with van der Waals surface area (Å²) in [4.78, 5) is 15.1. The zero-order chi connectivity index (χ0) is 15.7. The van der Waals surface area contributed by atoms with Gasteiger partial charge in [0.1, 0.15) is 5.82 Å². The number of pyridine rings is 1. The molecule has 0 spiro atoms. The summed E-state index contributed by atoms with van der Waals surface area (Å²) in [6.45, 7) is 6.16. The Morgan fingerprint density at radius 2 is 1.87 bits per heavy atom. The summed E-state index contributed by atoms with van der Waals surface area (Å²) in [6, 6.07) is 5.83.